The fraction of sp³-hybridized carbons (Fsp3) is 0.222. The fourth-order valence-corrected chi connectivity index (χ4v) is 0.979. The molecule has 0 heterocycles. The van der Waals surface area contributed by atoms with Crippen LogP contribution in [0.15, 0.2) is 30.3 Å². The van der Waals surface area contributed by atoms with Gasteiger partial charge in [-0.3, -0.25) is 4.79 Å². The van der Waals surface area contributed by atoms with Crippen molar-refractivity contribution in [2.75, 3.05) is 11.6 Å². The van der Waals surface area contributed by atoms with E-state index in [1.807, 2.05) is 30.3 Å². The van der Waals surface area contributed by atoms with Crippen LogP contribution in [0.1, 0.15) is 6.42 Å². The third kappa shape index (κ3) is 3.13. The number of hydrazine groups is 1. The minimum Gasteiger partial charge on any atom is -0.370 e. The highest BCUT2D eigenvalue weighted by Crippen LogP contribution is 2.08. The standard InChI is InChI=1S/C9H13N3O/c10-9(13)6-7-12(11)8-4-2-1-3-5-8/h1-5H,6-7,11H2,(H2,10,13). The largest absolute Gasteiger partial charge is 0.370 e. The molecule has 0 aliphatic carbocycles. The third-order valence-corrected chi connectivity index (χ3v) is 1.69. The maximum atomic E-state index is 10.5. The molecule has 13 heavy (non-hydrogen) atoms. The number of carbonyl (C=O) groups excluding carboxylic acids is 1. The number of nitrogens with two attached hydrogens (primary N) is 2. The second-order valence-electron chi connectivity index (χ2n) is 2.75. The molecule has 0 saturated carbocycles. The number of benzene rings is 1. The summed E-state index contributed by atoms with van der Waals surface area (Å²) in [4.78, 5) is 10.5. The summed E-state index contributed by atoms with van der Waals surface area (Å²) in [5, 5.41) is 1.50. The monoisotopic (exact) mass is 179 g/mol. The summed E-state index contributed by atoms with van der Waals surface area (Å²) in [5.41, 5.74) is 5.88. The van der Waals surface area contributed by atoms with E-state index < -0.39 is 0 Å². The van der Waals surface area contributed by atoms with E-state index in [9.17, 15) is 4.79 Å². The Labute approximate surface area is 77.1 Å². The summed E-state index contributed by atoms with van der Waals surface area (Å²) in [6.07, 6.45) is 0.269. The lowest BCUT2D eigenvalue weighted by atomic mass is 10.3. The van der Waals surface area contributed by atoms with Gasteiger partial charge < -0.3 is 10.7 Å². The molecule has 1 rings (SSSR count). The smallest absolute Gasteiger partial charge is 0.219 e. The first kappa shape index (κ1) is 9.54. The van der Waals surface area contributed by atoms with Gasteiger partial charge in [0.2, 0.25) is 5.91 Å². The van der Waals surface area contributed by atoms with Crippen LogP contribution in [0.4, 0.5) is 5.69 Å². The summed E-state index contributed by atoms with van der Waals surface area (Å²) in [6.45, 7) is 0.444. The number of nitrogens with zero attached hydrogens (tertiary/aromatic N) is 1. The van der Waals surface area contributed by atoms with Crippen molar-refractivity contribution in [2.24, 2.45) is 11.6 Å². The van der Waals surface area contributed by atoms with Crippen LogP contribution in [0, 0.1) is 0 Å². The Hall–Kier alpha value is -1.55. The molecule has 0 aliphatic rings. The molecule has 0 aliphatic heterocycles. The van der Waals surface area contributed by atoms with Gasteiger partial charge in [-0.1, -0.05) is 18.2 Å². The number of primary amides is 1. The SMILES string of the molecule is NC(=O)CCN(N)c1ccccc1. The molecule has 4 N–H and O–H groups in total. The van der Waals surface area contributed by atoms with Crippen LogP contribution in [-0.4, -0.2) is 12.5 Å². The maximum absolute atomic E-state index is 10.5. The van der Waals surface area contributed by atoms with Crippen LogP contribution in [0.2, 0.25) is 0 Å². The first-order valence-electron chi connectivity index (χ1n) is 4.06. The van der Waals surface area contributed by atoms with Crippen LogP contribution in [-0.2, 0) is 4.79 Å². The van der Waals surface area contributed by atoms with E-state index in [0.717, 1.165) is 5.69 Å². The van der Waals surface area contributed by atoms with Crippen LogP contribution >= 0.6 is 0 Å². The predicted molar refractivity (Wildman–Crippen MR) is 51.8 cm³/mol. The number of rotatable bonds is 4. The lowest BCUT2D eigenvalue weighted by Crippen LogP contribution is -2.34. The zero-order chi connectivity index (χ0) is 9.68. The Bertz CT molecular complexity index is 273. The van der Waals surface area contributed by atoms with Gasteiger partial charge in [-0.05, 0) is 12.1 Å². The molecule has 4 heteroatoms. The number of hydrogen-bond acceptors (Lipinski definition) is 3. The van der Waals surface area contributed by atoms with Gasteiger partial charge in [0.25, 0.3) is 0 Å². The van der Waals surface area contributed by atoms with Gasteiger partial charge in [-0.25, -0.2) is 5.84 Å². The van der Waals surface area contributed by atoms with Gasteiger partial charge in [0, 0.05) is 13.0 Å². The predicted octanol–water partition coefficient (Wildman–Crippen LogP) is 0.242. The van der Waals surface area contributed by atoms with Crippen molar-refractivity contribution in [3.05, 3.63) is 30.3 Å². The van der Waals surface area contributed by atoms with Gasteiger partial charge in [0.15, 0.2) is 0 Å². The van der Waals surface area contributed by atoms with Crippen molar-refractivity contribution >= 4 is 11.6 Å². The molecular formula is C9H13N3O. The number of anilines is 1. The van der Waals surface area contributed by atoms with Gasteiger partial charge >= 0.3 is 0 Å². The van der Waals surface area contributed by atoms with Crippen molar-refractivity contribution in [1.29, 1.82) is 0 Å². The van der Waals surface area contributed by atoms with Gasteiger partial charge in [-0.15, -0.1) is 0 Å². The van der Waals surface area contributed by atoms with Gasteiger partial charge in [-0.2, -0.15) is 0 Å². The second kappa shape index (κ2) is 4.47. The highest BCUT2D eigenvalue weighted by Gasteiger charge is 2.01. The number of amides is 1. The molecule has 1 aromatic carbocycles. The van der Waals surface area contributed by atoms with Crippen molar-refractivity contribution in [3.8, 4) is 0 Å². The van der Waals surface area contributed by atoms with Crippen molar-refractivity contribution in [1.82, 2.24) is 0 Å². The normalized spacial score (nSPS) is 9.62. The molecule has 0 fully saturated rings. The minimum atomic E-state index is -0.341. The molecule has 4 nitrogen and oxygen atoms in total. The Balaban J connectivity index is 2.49. The molecule has 70 valence electrons. The lowest BCUT2D eigenvalue weighted by Gasteiger charge is -2.17. The summed E-state index contributed by atoms with van der Waals surface area (Å²) in [7, 11) is 0. The molecule has 1 aromatic rings. The van der Waals surface area contributed by atoms with Crippen molar-refractivity contribution < 1.29 is 4.79 Å². The maximum Gasteiger partial charge on any atom is 0.219 e. The Morgan fingerprint density at radius 1 is 1.31 bits per heavy atom. The van der Waals surface area contributed by atoms with Crippen LogP contribution in [0.3, 0.4) is 0 Å². The summed E-state index contributed by atoms with van der Waals surface area (Å²) < 4.78 is 0. The summed E-state index contributed by atoms with van der Waals surface area (Å²) in [6, 6.07) is 9.44. The van der Waals surface area contributed by atoms with E-state index in [4.69, 9.17) is 11.6 Å². The first-order valence-corrected chi connectivity index (χ1v) is 4.06. The molecule has 0 spiro atoms. The van der Waals surface area contributed by atoms with E-state index in [2.05, 4.69) is 0 Å². The average molecular weight is 179 g/mol. The topological polar surface area (TPSA) is 72.4 Å². The van der Waals surface area contributed by atoms with E-state index in [-0.39, 0.29) is 12.3 Å². The van der Waals surface area contributed by atoms with Gasteiger partial charge in [0.1, 0.15) is 0 Å². The fourth-order valence-electron chi connectivity index (χ4n) is 0.979. The molecule has 1 amide bonds. The Kier molecular flexibility index (Phi) is 3.28. The molecule has 0 unspecified atom stereocenters. The zero-order valence-electron chi connectivity index (χ0n) is 7.31. The number of para-hydroxylation sites is 1. The molecule has 0 bridgehead atoms. The van der Waals surface area contributed by atoms with Crippen LogP contribution in [0.25, 0.3) is 0 Å². The van der Waals surface area contributed by atoms with E-state index in [1.165, 1.54) is 5.01 Å². The zero-order valence-corrected chi connectivity index (χ0v) is 7.31. The number of hydrogen-bond donors (Lipinski definition) is 2. The highest BCUT2D eigenvalue weighted by molar-refractivity contribution is 5.74. The lowest BCUT2D eigenvalue weighted by molar-refractivity contribution is -0.117. The first-order chi connectivity index (χ1) is 6.20. The van der Waals surface area contributed by atoms with Crippen LogP contribution < -0.4 is 16.6 Å². The molecule has 0 radical (unpaired) electrons. The minimum absolute atomic E-state index is 0.269. The molecule has 0 saturated heterocycles. The highest BCUT2D eigenvalue weighted by atomic mass is 16.1. The molecular weight excluding hydrogens is 166 g/mol. The van der Waals surface area contributed by atoms with E-state index in [1.54, 1.807) is 0 Å². The molecule has 0 atom stereocenters. The number of carbonyl (C=O) groups is 1. The third-order valence-electron chi connectivity index (χ3n) is 1.69. The van der Waals surface area contributed by atoms with Crippen LogP contribution in [0.5, 0.6) is 0 Å². The summed E-state index contributed by atoms with van der Waals surface area (Å²) in [5.74, 6) is 5.33. The Morgan fingerprint density at radius 2 is 1.92 bits per heavy atom. The average Bonchev–Trinajstić information content (AvgIpc) is 2.15. The quantitative estimate of drug-likeness (QED) is 0.513. The van der Waals surface area contributed by atoms with Crippen molar-refractivity contribution in [2.45, 2.75) is 6.42 Å². The molecule has 0 aromatic heterocycles. The Morgan fingerprint density at radius 3 is 2.46 bits per heavy atom. The van der Waals surface area contributed by atoms with Gasteiger partial charge in [0.05, 0.1) is 5.69 Å². The van der Waals surface area contributed by atoms with Crippen molar-refractivity contribution in [3.63, 3.8) is 0 Å². The van der Waals surface area contributed by atoms with E-state index in [0.29, 0.717) is 6.54 Å². The second-order valence-corrected chi connectivity index (χ2v) is 2.75. The van der Waals surface area contributed by atoms with E-state index >= 15 is 0 Å². The summed E-state index contributed by atoms with van der Waals surface area (Å²) >= 11 is 0.